The summed E-state index contributed by atoms with van der Waals surface area (Å²) in [5.74, 6) is -0.393. The van der Waals surface area contributed by atoms with Crippen LogP contribution in [0.3, 0.4) is 0 Å². The van der Waals surface area contributed by atoms with Crippen LogP contribution in [0.4, 0.5) is 16.5 Å². The molecule has 0 aliphatic rings. The van der Waals surface area contributed by atoms with Gasteiger partial charge >= 0.3 is 0 Å². The summed E-state index contributed by atoms with van der Waals surface area (Å²) in [4.78, 5) is 29.0. The first-order valence-electron chi connectivity index (χ1n) is 10.6. The fourth-order valence-electron chi connectivity index (χ4n) is 3.30. The van der Waals surface area contributed by atoms with E-state index in [0.29, 0.717) is 22.1 Å². The van der Waals surface area contributed by atoms with Gasteiger partial charge in [-0.3, -0.25) is 14.9 Å². The van der Waals surface area contributed by atoms with E-state index < -0.39 is 0 Å². The van der Waals surface area contributed by atoms with Gasteiger partial charge in [0.1, 0.15) is 0 Å². The lowest BCUT2D eigenvalue weighted by atomic mass is 10.1. The number of carbonyl (C=O) groups excluding carboxylic acids is 2. The van der Waals surface area contributed by atoms with Crippen LogP contribution in [0.25, 0.3) is 0 Å². The second-order valence-corrected chi connectivity index (χ2v) is 8.40. The predicted molar refractivity (Wildman–Crippen MR) is 134 cm³/mol. The Bertz CT molecular complexity index is 1210. The smallest absolute Gasteiger partial charge is 0.257 e. The maximum atomic E-state index is 12.4. The maximum absolute atomic E-state index is 12.4. The predicted octanol–water partition coefficient (Wildman–Crippen LogP) is 5.75. The lowest BCUT2D eigenvalue weighted by Crippen LogP contribution is -2.15. The molecule has 7 heteroatoms. The van der Waals surface area contributed by atoms with Crippen LogP contribution in [-0.4, -0.2) is 16.8 Å². The molecular formula is C26H24N4O2S. The first kappa shape index (κ1) is 22.2. The van der Waals surface area contributed by atoms with Crippen molar-refractivity contribution in [1.82, 2.24) is 4.98 Å². The van der Waals surface area contributed by atoms with Crippen molar-refractivity contribution in [3.63, 3.8) is 0 Å². The van der Waals surface area contributed by atoms with Crippen molar-refractivity contribution in [2.45, 2.75) is 19.4 Å². The number of aromatic nitrogens is 1. The molecule has 0 fully saturated rings. The number of nitrogens with one attached hydrogen (secondary N) is 3. The number of carbonyl (C=O) groups is 2. The second kappa shape index (κ2) is 10.6. The third-order valence-corrected chi connectivity index (χ3v) is 5.81. The Hall–Kier alpha value is -3.97. The Morgan fingerprint density at radius 2 is 1.48 bits per heavy atom. The number of hydrogen-bond acceptors (Lipinski definition) is 5. The van der Waals surface area contributed by atoms with Crippen molar-refractivity contribution in [2.24, 2.45) is 0 Å². The molecule has 3 N–H and O–H groups in total. The molecule has 4 rings (SSSR count). The fourth-order valence-corrected chi connectivity index (χ4v) is 4.00. The molecule has 0 aliphatic carbocycles. The summed E-state index contributed by atoms with van der Waals surface area (Å²) in [5, 5.41) is 11.3. The molecule has 166 valence electrons. The number of nitrogens with zero attached hydrogens (tertiary/aromatic N) is 1. The number of thiazole rings is 1. The molecule has 2 amide bonds. The molecule has 6 nitrogen and oxygen atoms in total. The molecule has 0 aliphatic heterocycles. The summed E-state index contributed by atoms with van der Waals surface area (Å²) < 4.78 is 0. The highest BCUT2D eigenvalue weighted by Crippen LogP contribution is 2.21. The average Bonchev–Trinajstić information content (AvgIpc) is 3.27. The molecule has 33 heavy (non-hydrogen) atoms. The maximum Gasteiger partial charge on any atom is 0.257 e. The van der Waals surface area contributed by atoms with E-state index in [1.165, 1.54) is 16.9 Å². The van der Waals surface area contributed by atoms with Crippen LogP contribution in [-0.2, 0) is 11.2 Å². The number of rotatable bonds is 8. The molecule has 3 aromatic carbocycles. The highest BCUT2D eigenvalue weighted by atomic mass is 32.1. The topological polar surface area (TPSA) is 83.1 Å². The summed E-state index contributed by atoms with van der Waals surface area (Å²) in [5.41, 5.74) is 4.06. The van der Waals surface area contributed by atoms with Crippen LogP contribution < -0.4 is 16.0 Å². The van der Waals surface area contributed by atoms with E-state index in [-0.39, 0.29) is 24.3 Å². The molecule has 0 saturated heterocycles. The lowest BCUT2D eigenvalue weighted by molar-refractivity contribution is -0.115. The summed E-state index contributed by atoms with van der Waals surface area (Å²) >= 11 is 1.30. The van der Waals surface area contributed by atoms with Gasteiger partial charge in [0.05, 0.1) is 12.1 Å². The van der Waals surface area contributed by atoms with Crippen molar-refractivity contribution in [2.75, 3.05) is 16.0 Å². The molecule has 4 aromatic rings. The Labute approximate surface area is 196 Å². The summed E-state index contributed by atoms with van der Waals surface area (Å²) in [7, 11) is 0. The Balaban J connectivity index is 1.28. The van der Waals surface area contributed by atoms with Crippen molar-refractivity contribution in [1.29, 1.82) is 0 Å². The van der Waals surface area contributed by atoms with Gasteiger partial charge in [-0.15, -0.1) is 11.3 Å². The molecule has 0 bridgehead atoms. The molecule has 1 unspecified atom stereocenters. The second-order valence-electron chi connectivity index (χ2n) is 7.54. The summed E-state index contributed by atoms with van der Waals surface area (Å²) in [6.45, 7) is 2.11. The minimum absolute atomic E-state index is 0.128. The van der Waals surface area contributed by atoms with Gasteiger partial charge in [0.15, 0.2) is 5.13 Å². The van der Waals surface area contributed by atoms with E-state index in [1.54, 1.807) is 29.6 Å². The van der Waals surface area contributed by atoms with Gasteiger partial charge in [-0.05, 0) is 48.9 Å². The van der Waals surface area contributed by atoms with E-state index >= 15 is 0 Å². The lowest BCUT2D eigenvalue weighted by Gasteiger charge is -2.16. The van der Waals surface area contributed by atoms with Gasteiger partial charge in [-0.25, -0.2) is 4.98 Å². The van der Waals surface area contributed by atoms with Gasteiger partial charge in [-0.1, -0.05) is 48.5 Å². The minimum atomic E-state index is -0.226. The molecule has 1 aromatic heterocycles. The largest absolute Gasteiger partial charge is 0.379 e. The Morgan fingerprint density at radius 3 is 2.18 bits per heavy atom. The first-order valence-corrected chi connectivity index (χ1v) is 11.5. The molecule has 1 atom stereocenters. The van der Waals surface area contributed by atoms with Gasteiger partial charge < -0.3 is 10.6 Å². The SMILES string of the molecule is CC(Nc1ccc(NC(=O)Cc2csc(NC(=O)c3ccccc3)n2)cc1)c1ccccc1. The van der Waals surface area contributed by atoms with Gasteiger partial charge in [0, 0.05) is 28.4 Å². The van der Waals surface area contributed by atoms with Crippen LogP contribution in [0.15, 0.2) is 90.3 Å². The molecule has 0 radical (unpaired) electrons. The van der Waals surface area contributed by atoms with Gasteiger partial charge in [0.2, 0.25) is 5.91 Å². The van der Waals surface area contributed by atoms with Crippen LogP contribution in [0.1, 0.15) is 34.6 Å². The van der Waals surface area contributed by atoms with Gasteiger partial charge in [-0.2, -0.15) is 0 Å². The molecule has 0 saturated carbocycles. The van der Waals surface area contributed by atoms with Crippen LogP contribution in [0.2, 0.25) is 0 Å². The number of amides is 2. The monoisotopic (exact) mass is 456 g/mol. The van der Waals surface area contributed by atoms with E-state index in [0.717, 1.165) is 5.69 Å². The van der Waals surface area contributed by atoms with Crippen molar-refractivity contribution < 1.29 is 9.59 Å². The molecule has 0 spiro atoms. The number of benzene rings is 3. The Morgan fingerprint density at radius 1 is 0.848 bits per heavy atom. The summed E-state index contributed by atoms with van der Waals surface area (Å²) in [6, 6.07) is 26.9. The molecule has 1 heterocycles. The fraction of sp³-hybridized carbons (Fsp3) is 0.115. The standard InChI is InChI=1S/C26H24N4O2S/c1-18(19-8-4-2-5-9-19)27-21-12-14-22(15-13-21)28-24(31)16-23-17-33-26(29-23)30-25(32)20-10-6-3-7-11-20/h2-15,17-18,27H,16H2,1H3,(H,28,31)(H,29,30,32). The van der Waals surface area contributed by atoms with Crippen LogP contribution >= 0.6 is 11.3 Å². The minimum Gasteiger partial charge on any atom is -0.379 e. The highest BCUT2D eigenvalue weighted by molar-refractivity contribution is 7.14. The van der Waals surface area contributed by atoms with E-state index in [9.17, 15) is 9.59 Å². The average molecular weight is 457 g/mol. The normalized spacial score (nSPS) is 11.4. The van der Waals surface area contributed by atoms with E-state index in [1.807, 2.05) is 48.5 Å². The van der Waals surface area contributed by atoms with Gasteiger partial charge in [0.25, 0.3) is 5.91 Å². The summed E-state index contributed by atoms with van der Waals surface area (Å²) in [6.07, 6.45) is 0.128. The zero-order chi connectivity index (χ0) is 23.0. The Kier molecular flexibility index (Phi) is 7.12. The zero-order valence-corrected chi connectivity index (χ0v) is 18.9. The van der Waals surface area contributed by atoms with Crippen LogP contribution in [0, 0.1) is 0 Å². The first-order chi connectivity index (χ1) is 16.1. The third-order valence-electron chi connectivity index (χ3n) is 5.00. The number of hydrogen-bond donors (Lipinski definition) is 3. The van der Waals surface area contributed by atoms with Crippen molar-refractivity contribution in [3.8, 4) is 0 Å². The number of anilines is 3. The van der Waals surface area contributed by atoms with Crippen LogP contribution in [0.5, 0.6) is 0 Å². The molecular weight excluding hydrogens is 432 g/mol. The highest BCUT2D eigenvalue weighted by Gasteiger charge is 2.12. The zero-order valence-electron chi connectivity index (χ0n) is 18.1. The van der Waals surface area contributed by atoms with E-state index in [2.05, 4.69) is 40.0 Å². The third kappa shape index (κ3) is 6.27. The van der Waals surface area contributed by atoms with Crippen molar-refractivity contribution >= 4 is 39.7 Å². The quantitative estimate of drug-likeness (QED) is 0.315. The van der Waals surface area contributed by atoms with E-state index in [4.69, 9.17) is 0 Å². The van der Waals surface area contributed by atoms with Crippen molar-refractivity contribution in [3.05, 3.63) is 107 Å².